The van der Waals surface area contributed by atoms with Crippen LogP contribution in [-0.2, 0) is 32.1 Å². The van der Waals surface area contributed by atoms with Crippen molar-refractivity contribution in [1.29, 1.82) is 0 Å². The predicted octanol–water partition coefficient (Wildman–Crippen LogP) is 8.05. The van der Waals surface area contributed by atoms with E-state index in [0.717, 1.165) is 70.8 Å². The lowest BCUT2D eigenvalue weighted by molar-refractivity contribution is -0.171. The van der Waals surface area contributed by atoms with Crippen LogP contribution in [0.3, 0.4) is 0 Å². The molecule has 8 nitrogen and oxygen atoms in total. The molecular weight excluding hydrogens is 554 g/mol. The average Bonchev–Trinajstić information content (AvgIpc) is 3.29. The van der Waals surface area contributed by atoms with Crippen LogP contribution in [0.15, 0.2) is 18.2 Å². The number of nitrogens with zero attached hydrogens (tertiary/aromatic N) is 3. The molecule has 1 fully saturated rings. The van der Waals surface area contributed by atoms with E-state index in [1.54, 1.807) is 4.90 Å². The summed E-state index contributed by atoms with van der Waals surface area (Å²) in [5.41, 5.74) is 6.68. The highest BCUT2D eigenvalue weighted by Gasteiger charge is 2.38. The lowest BCUT2D eigenvalue weighted by atomic mass is 9.81. The maximum atomic E-state index is 13.8. The van der Waals surface area contributed by atoms with Gasteiger partial charge in [-0.25, -0.2) is 9.59 Å². The zero-order valence-electron chi connectivity index (χ0n) is 29.0. The Morgan fingerprint density at radius 3 is 2.09 bits per heavy atom. The number of hydrogen-bond donors (Lipinski definition) is 0. The highest BCUT2D eigenvalue weighted by molar-refractivity contribution is 5.89. The van der Waals surface area contributed by atoms with Gasteiger partial charge in [0.1, 0.15) is 5.60 Å². The van der Waals surface area contributed by atoms with Crippen LogP contribution in [0.25, 0.3) is 11.1 Å². The van der Waals surface area contributed by atoms with Crippen LogP contribution in [0.2, 0.25) is 0 Å². The molecule has 0 bridgehead atoms. The molecule has 242 valence electrons. The van der Waals surface area contributed by atoms with Crippen molar-refractivity contribution in [2.24, 2.45) is 5.41 Å². The summed E-state index contributed by atoms with van der Waals surface area (Å²) in [4.78, 5) is 35.8. The predicted molar refractivity (Wildman–Crippen MR) is 175 cm³/mol. The third-order valence-electron chi connectivity index (χ3n) is 8.18. The fraction of sp³-hybridized carbons (Fsp3) is 0.639. The topological polar surface area (TPSA) is 81.2 Å². The van der Waals surface area contributed by atoms with E-state index in [1.807, 2.05) is 69.2 Å². The monoisotopic (exact) mass is 607 g/mol. The average molecular weight is 608 g/mol. The number of pyridine rings is 1. The summed E-state index contributed by atoms with van der Waals surface area (Å²) in [6.07, 6.45) is 0.528. The van der Waals surface area contributed by atoms with Gasteiger partial charge in [-0.3, -0.25) is 9.88 Å². The van der Waals surface area contributed by atoms with E-state index in [9.17, 15) is 9.59 Å². The molecule has 0 aliphatic carbocycles. The van der Waals surface area contributed by atoms with Gasteiger partial charge in [-0.15, -0.1) is 0 Å². The highest BCUT2D eigenvalue weighted by atomic mass is 16.6. The van der Waals surface area contributed by atoms with Gasteiger partial charge < -0.3 is 19.1 Å². The van der Waals surface area contributed by atoms with Crippen LogP contribution in [0.4, 0.5) is 10.5 Å². The van der Waals surface area contributed by atoms with Crippen molar-refractivity contribution in [2.45, 2.75) is 132 Å². The molecule has 4 rings (SSSR count). The van der Waals surface area contributed by atoms with Crippen molar-refractivity contribution in [2.75, 3.05) is 18.0 Å². The standard InChI is InChI=1S/C36H53N3O5/c1-22(2)42-32(40)31(43-34(5,6)7)29-24(4)37-23(3)28(30(29)38-17-15-36(11,12)16-18-38)25-13-14-26-20-39(21-27(26)19-25)33(41)44-35(8,9)10/h13-14,19,22,31H,15-18,20-21H2,1-12H3. The summed E-state index contributed by atoms with van der Waals surface area (Å²) >= 11 is 0. The summed E-state index contributed by atoms with van der Waals surface area (Å²) < 4.78 is 18.0. The third-order valence-corrected chi connectivity index (χ3v) is 8.18. The van der Waals surface area contributed by atoms with Crippen molar-refractivity contribution in [3.63, 3.8) is 0 Å². The summed E-state index contributed by atoms with van der Waals surface area (Å²) in [7, 11) is 0. The van der Waals surface area contributed by atoms with E-state index < -0.39 is 23.3 Å². The number of carbonyl (C=O) groups is 2. The number of ether oxygens (including phenoxy) is 3. The number of aromatic nitrogens is 1. The number of esters is 1. The Morgan fingerprint density at radius 2 is 1.52 bits per heavy atom. The van der Waals surface area contributed by atoms with Crippen LogP contribution in [-0.4, -0.2) is 52.3 Å². The van der Waals surface area contributed by atoms with Gasteiger partial charge >= 0.3 is 12.1 Å². The molecule has 2 aliphatic heterocycles. The van der Waals surface area contributed by atoms with Crippen molar-refractivity contribution < 1.29 is 23.8 Å². The zero-order valence-corrected chi connectivity index (χ0v) is 29.0. The molecule has 44 heavy (non-hydrogen) atoms. The Balaban J connectivity index is 1.88. The first-order valence-electron chi connectivity index (χ1n) is 16.0. The summed E-state index contributed by atoms with van der Waals surface area (Å²) in [5, 5.41) is 0. The quantitative estimate of drug-likeness (QED) is 0.307. The van der Waals surface area contributed by atoms with Gasteiger partial charge in [-0.2, -0.15) is 0 Å². The molecule has 3 heterocycles. The first kappa shape index (κ1) is 33.8. The second kappa shape index (κ2) is 12.3. The van der Waals surface area contributed by atoms with Gasteiger partial charge in [0.25, 0.3) is 0 Å². The minimum atomic E-state index is -0.939. The molecule has 1 aromatic carbocycles. The normalized spacial score (nSPS) is 17.5. The van der Waals surface area contributed by atoms with Gasteiger partial charge in [-0.1, -0.05) is 26.0 Å². The fourth-order valence-electron chi connectivity index (χ4n) is 6.05. The Bertz CT molecular complexity index is 1390. The molecule has 2 aromatic rings. The van der Waals surface area contributed by atoms with E-state index in [1.165, 1.54) is 0 Å². The van der Waals surface area contributed by atoms with Crippen molar-refractivity contribution >= 4 is 17.7 Å². The lowest BCUT2D eigenvalue weighted by Gasteiger charge is -2.41. The van der Waals surface area contributed by atoms with E-state index in [0.29, 0.717) is 13.1 Å². The summed E-state index contributed by atoms with van der Waals surface area (Å²) in [6.45, 7) is 26.6. The molecule has 2 aliphatic rings. The maximum absolute atomic E-state index is 13.8. The molecule has 1 unspecified atom stereocenters. The van der Waals surface area contributed by atoms with Crippen molar-refractivity contribution in [3.8, 4) is 11.1 Å². The first-order chi connectivity index (χ1) is 20.2. The summed E-state index contributed by atoms with van der Waals surface area (Å²) in [5.74, 6) is -0.407. The minimum Gasteiger partial charge on any atom is -0.461 e. The molecule has 1 saturated heterocycles. The molecule has 0 radical (unpaired) electrons. The Kier molecular flexibility index (Phi) is 9.47. The van der Waals surface area contributed by atoms with Crippen LogP contribution in [0, 0.1) is 19.3 Å². The second-order valence-corrected chi connectivity index (χ2v) is 15.5. The van der Waals surface area contributed by atoms with E-state index in [2.05, 4.69) is 36.9 Å². The number of hydrogen-bond acceptors (Lipinski definition) is 7. The maximum Gasteiger partial charge on any atom is 0.410 e. The number of anilines is 1. The zero-order chi connectivity index (χ0) is 32.8. The Labute approximate surface area is 264 Å². The van der Waals surface area contributed by atoms with Crippen LogP contribution >= 0.6 is 0 Å². The van der Waals surface area contributed by atoms with Crippen molar-refractivity contribution in [3.05, 3.63) is 46.3 Å². The van der Waals surface area contributed by atoms with Crippen molar-refractivity contribution in [1.82, 2.24) is 9.88 Å². The Morgan fingerprint density at radius 1 is 0.909 bits per heavy atom. The molecule has 0 N–H and O–H groups in total. The second-order valence-electron chi connectivity index (χ2n) is 15.5. The summed E-state index contributed by atoms with van der Waals surface area (Å²) in [6, 6.07) is 6.39. The number of rotatable bonds is 6. The molecule has 1 amide bonds. The smallest absolute Gasteiger partial charge is 0.410 e. The van der Waals surface area contributed by atoms with E-state index in [4.69, 9.17) is 19.2 Å². The van der Waals surface area contributed by atoms with Gasteiger partial charge in [0.05, 0.1) is 17.4 Å². The largest absolute Gasteiger partial charge is 0.461 e. The first-order valence-corrected chi connectivity index (χ1v) is 16.0. The molecular formula is C36H53N3O5. The minimum absolute atomic E-state index is 0.241. The number of amides is 1. The lowest BCUT2D eigenvalue weighted by Crippen LogP contribution is -2.39. The van der Waals surface area contributed by atoms with E-state index >= 15 is 0 Å². The molecule has 1 atom stereocenters. The highest BCUT2D eigenvalue weighted by Crippen LogP contribution is 2.45. The van der Waals surface area contributed by atoms with Gasteiger partial charge in [-0.05, 0) is 110 Å². The third kappa shape index (κ3) is 7.92. The number of carbonyl (C=O) groups excluding carboxylic acids is 2. The van der Waals surface area contributed by atoms with Gasteiger partial charge in [0.15, 0.2) is 6.10 Å². The van der Waals surface area contributed by atoms with Gasteiger partial charge in [0.2, 0.25) is 0 Å². The molecule has 0 spiro atoms. The number of piperidine rings is 1. The number of benzene rings is 1. The van der Waals surface area contributed by atoms with E-state index in [-0.39, 0.29) is 17.6 Å². The van der Waals surface area contributed by atoms with Crippen LogP contribution in [0.5, 0.6) is 0 Å². The number of aryl methyl sites for hydroxylation is 2. The number of fused-ring (bicyclic) bond motifs is 1. The van der Waals surface area contributed by atoms with Crippen LogP contribution < -0.4 is 4.90 Å². The molecule has 0 saturated carbocycles. The van der Waals surface area contributed by atoms with Crippen LogP contribution in [0.1, 0.15) is 116 Å². The fourth-order valence-corrected chi connectivity index (χ4v) is 6.05. The molecule has 8 heteroatoms. The SMILES string of the molecule is Cc1nc(C)c(C(OC(C)(C)C)C(=O)OC(C)C)c(N2CCC(C)(C)CC2)c1-c1ccc2c(c1)CN(C(=O)OC(C)(C)C)C2. The van der Waals surface area contributed by atoms with Gasteiger partial charge in [0, 0.05) is 48.7 Å². The Hall–Kier alpha value is -3.13. The molecule has 1 aromatic heterocycles.